The fraction of sp³-hybridized carbons (Fsp3) is 1.00. The maximum absolute atomic E-state index is 8.82. The Balaban J connectivity index is 2.32. The molecule has 1 aliphatic rings. The normalized spacial score (nSPS) is 31.6. The fourth-order valence-corrected chi connectivity index (χ4v) is 2.60. The molecule has 0 heterocycles. The van der Waals surface area contributed by atoms with Gasteiger partial charge in [-0.05, 0) is 44.6 Å². The lowest BCUT2D eigenvalue weighted by atomic mass is 9.72. The molecule has 1 fully saturated rings. The smallest absolute Gasteiger partial charge is 0.427 e. The molecule has 0 aromatic carbocycles. The van der Waals surface area contributed by atoms with Crippen LogP contribution in [0.1, 0.15) is 25.7 Å². The van der Waals surface area contributed by atoms with E-state index in [1.165, 1.54) is 6.42 Å². The summed E-state index contributed by atoms with van der Waals surface area (Å²) in [5.41, 5.74) is 5.72. The second-order valence-electron chi connectivity index (χ2n) is 4.63. The molecule has 88 valence electrons. The molecule has 5 N–H and O–H groups in total. The van der Waals surface area contributed by atoms with E-state index >= 15 is 0 Å². The van der Waals surface area contributed by atoms with Crippen molar-refractivity contribution in [1.29, 1.82) is 0 Å². The molecule has 5 heteroatoms. The van der Waals surface area contributed by atoms with Crippen molar-refractivity contribution in [2.45, 2.75) is 38.0 Å². The number of rotatable bonds is 5. The van der Waals surface area contributed by atoms with Gasteiger partial charge in [0.05, 0.1) is 0 Å². The molecule has 1 aliphatic carbocycles. The van der Waals surface area contributed by atoms with Crippen molar-refractivity contribution in [2.75, 3.05) is 13.6 Å². The van der Waals surface area contributed by atoms with Gasteiger partial charge in [0, 0.05) is 6.04 Å². The summed E-state index contributed by atoms with van der Waals surface area (Å²) in [5, 5.41) is 21.0. The Hall–Kier alpha value is -0.0951. The largest absolute Gasteiger partial charge is 0.451 e. The van der Waals surface area contributed by atoms with Crippen molar-refractivity contribution >= 4 is 7.12 Å². The summed E-state index contributed by atoms with van der Waals surface area (Å²) in [4.78, 5) is 0. The van der Waals surface area contributed by atoms with Gasteiger partial charge < -0.3 is 21.1 Å². The average molecular weight is 214 g/mol. The number of nitrogens with one attached hydrogen (secondary N) is 1. The van der Waals surface area contributed by atoms with Gasteiger partial charge in [-0.1, -0.05) is 12.8 Å². The van der Waals surface area contributed by atoms with Crippen molar-refractivity contribution in [3.05, 3.63) is 0 Å². The highest BCUT2D eigenvalue weighted by Gasteiger charge is 2.28. The average Bonchev–Trinajstić information content (AvgIpc) is 2.25. The van der Waals surface area contributed by atoms with Crippen molar-refractivity contribution < 1.29 is 10.0 Å². The number of hydrogen-bond acceptors (Lipinski definition) is 4. The molecule has 15 heavy (non-hydrogen) atoms. The van der Waals surface area contributed by atoms with E-state index in [2.05, 4.69) is 5.32 Å². The standard InChI is InChI=1S/C10H23BN2O2/c1-13-10-6-8(4-5-11(14)15)2-3-9(10)7-12/h8-10,13-15H,2-7,12H2,1H3/t8-,9?,10?/m0/s1. The third-order valence-corrected chi connectivity index (χ3v) is 3.61. The summed E-state index contributed by atoms with van der Waals surface area (Å²) in [6.45, 7) is 0.751. The SMILES string of the molecule is CNC1C[C@H](CCB(O)O)CCC1CN. The van der Waals surface area contributed by atoms with E-state index in [0.29, 0.717) is 24.2 Å². The van der Waals surface area contributed by atoms with E-state index in [4.69, 9.17) is 15.8 Å². The van der Waals surface area contributed by atoms with Crippen LogP contribution in [0.3, 0.4) is 0 Å². The third-order valence-electron chi connectivity index (χ3n) is 3.61. The van der Waals surface area contributed by atoms with Crippen LogP contribution in [0.15, 0.2) is 0 Å². The Morgan fingerprint density at radius 3 is 2.67 bits per heavy atom. The first-order chi connectivity index (χ1) is 7.17. The summed E-state index contributed by atoms with van der Waals surface area (Å²) >= 11 is 0. The Kier molecular flexibility index (Phi) is 5.60. The Morgan fingerprint density at radius 2 is 2.13 bits per heavy atom. The second kappa shape index (κ2) is 6.48. The highest BCUT2D eigenvalue weighted by Crippen LogP contribution is 2.31. The highest BCUT2D eigenvalue weighted by molar-refractivity contribution is 6.40. The predicted molar refractivity (Wildman–Crippen MR) is 62.3 cm³/mol. The molecule has 0 radical (unpaired) electrons. The Morgan fingerprint density at radius 1 is 1.40 bits per heavy atom. The molecule has 4 nitrogen and oxygen atoms in total. The van der Waals surface area contributed by atoms with Gasteiger partial charge in [0.25, 0.3) is 0 Å². The van der Waals surface area contributed by atoms with Crippen molar-refractivity contribution in [2.24, 2.45) is 17.6 Å². The van der Waals surface area contributed by atoms with Gasteiger partial charge in [-0.3, -0.25) is 0 Å². The molecule has 0 bridgehead atoms. The third kappa shape index (κ3) is 4.11. The first kappa shape index (κ1) is 13.0. The minimum atomic E-state index is -1.15. The lowest BCUT2D eigenvalue weighted by molar-refractivity contribution is 0.211. The van der Waals surface area contributed by atoms with Gasteiger partial charge in [-0.15, -0.1) is 0 Å². The van der Waals surface area contributed by atoms with Crippen LogP contribution in [0.5, 0.6) is 0 Å². The summed E-state index contributed by atoms with van der Waals surface area (Å²) in [6, 6.07) is 0.504. The molecule has 0 aromatic heterocycles. The topological polar surface area (TPSA) is 78.5 Å². The van der Waals surface area contributed by atoms with Gasteiger partial charge >= 0.3 is 7.12 Å². The van der Waals surface area contributed by atoms with Gasteiger partial charge in [-0.25, -0.2) is 0 Å². The van der Waals surface area contributed by atoms with E-state index in [0.717, 1.165) is 25.8 Å². The lowest BCUT2D eigenvalue weighted by Gasteiger charge is -2.35. The van der Waals surface area contributed by atoms with Gasteiger partial charge in [0.1, 0.15) is 0 Å². The van der Waals surface area contributed by atoms with Gasteiger partial charge in [0.15, 0.2) is 0 Å². The van der Waals surface area contributed by atoms with E-state index < -0.39 is 7.12 Å². The molecule has 3 atom stereocenters. The Labute approximate surface area is 92.4 Å². The van der Waals surface area contributed by atoms with Crippen LogP contribution in [0.25, 0.3) is 0 Å². The van der Waals surface area contributed by atoms with Gasteiger partial charge in [-0.2, -0.15) is 0 Å². The first-order valence-electron chi connectivity index (χ1n) is 5.90. The lowest BCUT2D eigenvalue weighted by Crippen LogP contribution is -2.42. The molecule has 1 saturated carbocycles. The quantitative estimate of drug-likeness (QED) is 0.478. The molecule has 1 rings (SSSR count). The molecule has 0 spiro atoms. The number of nitrogens with two attached hydrogens (primary N) is 1. The van der Waals surface area contributed by atoms with E-state index in [1.54, 1.807) is 0 Å². The monoisotopic (exact) mass is 214 g/mol. The van der Waals surface area contributed by atoms with E-state index in [1.807, 2.05) is 7.05 Å². The molecule has 0 aliphatic heterocycles. The molecule has 0 aromatic rings. The molecule has 2 unspecified atom stereocenters. The maximum Gasteiger partial charge on any atom is 0.451 e. The first-order valence-corrected chi connectivity index (χ1v) is 5.90. The van der Waals surface area contributed by atoms with E-state index in [9.17, 15) is 0 Å². The van der Waals surface area contributed by atoms with Crippen molar-refractivity contribution in [3.8, 4) is 0 Å². The molecular formula is C10H23BN2O2. The zero-order valence-corrected chi connectivity index (χ0v) is 9.52. The van der Waals surface area contributed by atoms with Crippen LogP contribution in [0.2, 0.25) is 6.32 Å². The van der Waals surface area contributed by atoms with Crippen LogP contribution < -0.4 is 11.1 Å². The molecule has 0 amide bonds. The van der Waals surface area contributed by atoms with Crippen LogP contribution in [-0.4, -0.2) is 36.8 Å². The van der Waals surface area contributed by atoms with Crippen LogP contribution in [0.4, 0.5) is 0 Å². The fourth-order valence-electron chi connectivity index (χ4n) is 2.60. The maximum atomic E-state index is 8.82. The molecule has 0 saturated heterocycles. The highest BCUT2D eigenvalue weighted by atomic mass is 16.4. The zero-order chi connectivity index (χ0) is 11.3. The van der Waals surface area contributed by atoms with Crippen molar-refractivity contribution in [3.63, 3.8) is 0 Å². The number of hydrogen-bond donors (Lipinski definition) is 4. The van der Waals surface area contributed by atoms with Gasteiger partial charge in [0.2, 0.25) is 0 Å². The van der Waals surface area contributed by atoms with Crippen LogP contribution >= 0.6 is 0 Å². The minimum Gasteiger partial charge on any atom is -0.427 e. The summed E-state index contributed by atoms with van der Waals surface area (Å²) < 4.78 is 0. The van der Waals surface area contributed by atoms with E-state index in [-0.39, 0.29) is 0 Å². The predicted octanol–water partition coefficient (Wildman–Crippen LogP) is -0.188. The zero-order valence-electron chi connectivity index (χ0n) is 9.52. The minimum absolute atomic E-state index is 0.494. The summed E-state index contributed by atoms with van der Waals surface area (Å²) in [5.74, 6) is 1.21. The summed E-state index contributed by atoms with van der Waals surface area (Å²) in [7, 11) is 0.835. The Bertz CT molecular complexity index is 181. The molecular weight excluding hydrogens is 191 g/mol. The van der Waals surface area contributed by atoms with Crippen LogP contribution in [0, 0.1) is 11.8 Å². The second-order valence-corrected chi connectivity index (χ2v) is 4.63. The van der Waals surface area contributed by atoms with Crippen LogP contribution in [-0.2, 0) is 0 Å². The summed E-state index contributed by atoms with van der Waals surface area (Å²) in [6.07, 6.45) is 4.85. The van der Waals surface area contributed by atoms with Crippen molar-refractivity contribution in [1.82, 2.24) is 5.32 Å².